The van der Waals surface area contributed by atoms with E-state index in [4.69, 9.17) is 11.1 Å². The van der Waals surface area contributed by atoms with Crippen molar-refractivity contribution in [2.75, 3.05) is 5.73 Å². The van der Waals surface area contributed by atoms with Crippen molar-refractivity contribution in [2.45, 2.75) is 47.5 Å². The van der Waals surface area contributed by atoms with Crippen molar-refractivity contribution >= 4 is 22.8 Å². The van der Waals surface area contributed by atoms with E-state index in [-0.39, 0.29) is 5.82 Å². The summed E-state index contributed by atoms with van der Waals surface area (Å²) >= 11 is 0. The van der Waals surface area contributed by atoms with Crippen LogP contribution < -0.4 is 5.73 Å². The van der Waals surface area contributed by atoms with E-state index < -0.39 is 0 Å². The summed E-state index contributed by atoms with van der Waals surface area (Å²) in [6, 6.07) is 9.25. The highest BCUT2D eigenvalue weighted by Crippen LogP contribution is 2.34. The maximum absolute atomic E-state index is 13.7. The van der Waals surface area contributed by atoms with Gasteiger partial charge in [-0.3, -0.25) is 0 Å². The largest absolute Gasteiger partial charge is 0.398 e. The van der Waals surface area contributed by atoms with Crippen LogP contribution in [-0.2, 0) is 0 Å². The number of fused-ring (bicyclic) bond motifs is 1. The highest BCUT2D eigenvalue weighted by atomic mass is 19.1. The monoisotopic (exact) mass is 353 g/mol. The molecule has 138 valence electrons. The van der Waals surface area contributed by atoms with Gasteiger partial charge in [0.05, 0.1) is 5.52 Å². The number of hydrogen-bond acceptors (Lipinski definition) is 2. The lowest BCUT2D eigenvalue weighted by Gasteiger charge is -2.15. The molecule has 3 N–H and O–H groups in total. The molecule has 0 aliphatic heterocycles. The van der Waals surface area contributed by atoms with Crippen molar-refractivity contribution in [3.63, 3.8) is 0 Å². The van der Waals surface area contributed by atoms with Crippen molar-refractivity contribution in [3.8, 4) is 5.69 Å². The van der Waals surface area contributed by atoms with Gasteiger partial charge in [-0.25, -0.2) is 4.39 Å². The molecule has 4 heteroatoms. The van der Waals surface area contributed by atoms with Crippen LogP contribution in [0.3, 0.4) is 0 Å². The molecule has 0 aliphatic rings. The Hall–Kier alpha value is -2.62. The van der Waals surface area contributed by atoms with Gasteiger partial charge in [-0.05, 0) is 61.2 Å². The summed E-state index contributed by atoms with van der Waals surface area (Å²) in [6.07, 6.45) is 1.28. The number of aryl methyl sites for hydroxylation is 2. The number of nitrogens with two attached hydrogens (primary N) is 1. The minimum Gasteiger partial charge on any atom is -0.398 e. The van der Waals surface area contributed by atoms with Gasteiger partial charge in [0.2, 0.25) is 0 Å². The first-order chi connectivity index (χ1) is 12.3. The summed E-state index contributed by atoms with van der Waals surface area (Å²) in [5, 5.41) is 8.69. The predicted octanol–water partition coefficient (Wildman–Crippen LogP) is 6.12. The topological polar surface area (TPSA) is 54.8 Å². The van der Waals surface area contributed by atoms with Gasteiger partial charge < -0.3 is 15.7 Å². The van der Waals surface area contributed by atoms with E-state index in [9.17, 15) is 4.39 Å². The Morgan fingerprint density at radius 2 is 1.77 bits per heavy atom. The van der Waals surface area contributed by atoms with Gasteiger partial charge in [0, 0.05) is 34.2 Å². The zero-order valence-electron chi connectivity index (χ0n) is 16.4. The van der Waals surface area contributed by atoms with E-state index in [1.54, 1.807) is 13.0 Å². The molecule has 0 radical (unpaired) electrons. The Morgan fingerprint density at radius 3 is 2.31 bits per heavy atom. The summed E-state index contributed by atoms with van der Waals surface area (Å²) < 4.78 is 15.8. The van der Waals surface area contributed by atoms with Crippen molar-refractivity contribution < 1.29 is 4.39 Å². The molecule has 0 unspecified atom stereocenters. The van der Waals surface area contributed by atoms with Crippen LogP contribution in [0.2, 0.25) is 0 Å². The number of halogens is 1. The molecule has 0 fully saturated rings. The van der Waals surface area contributed by atoms with Crippen molar-refractivity contribution in [1.82, 2.24) is 4.57 Å². The van der Waals surface area contributed by atoms with Crippen molar-refractivity contribution in [1.29, 1.82) is 5.41 Å². The average Bonchev–Trinajstić information content (AvgIpc) is 3.02. The smallest absolute Gasteiger partial charge is 0.126 e. The zero-order valence-corrected chi connectivity index (χ0v) is 16.4. The molecule has 3 rings (SSSR count). The van der Waals surface area contributed by atoms with Crippen LogP contribution in [0.4, 0.5) is 10.1 Å². The third kappa shape index (κ3) is 3.24. The van der Waals surface area contributed by atoms with Crippen LogP contribution in [0, 0.1) is 25.1 Å². The number of nitrogens with one attached hydrogen (secondary N) is 1. The molecule has 1 heterocycles. The van der Waals surface area contributed by atoms with Gasteiger partial charge in [0.1, 0.15) is 5.82 Å². The van der Waals surface area contributed by atoms with Crippen LogP contribution in [0.25, 0.3) is 16.6 Å². The number of anilines is 1. The Bertz CT molecular complexity index is 952. The first kappa shape index (κ1) is 19.7. The van der Waals surface area contributed by atoms with E-state index in [2.05, 4.69) is 24.5 Å². The van der Waals surface area contributed by atoms with E-state index in [0.717, 1.165) is 27.8 Å². The predicted molar refractivity (Wildman–Crippen MR) is 110 cm³/mol. The number of hydrogen-bond donors (Lipinski definition) is 2. The quantitative estimate of drug-likeness (QED) is 0.433. The lowest BCUT2D eigenvalue weighted by Crippen LogP contribution is -2.03. The molecule has 0 aliphatic carbocycles. The maximum atomic E-state index is 13.7. The summed E-state index contributed by atoms with van der Waals surface area (Å²) in [4.78, 5) is 0. The highest BCUT2D eigenvalue weighted by molar-refractivity contribution is 5.98. The van der Waals surface area contributed by atoms with Gasteiger partial charge in [-0.15, -0.1) is 0 Å². The van der Waals surface area contributed by atoms with Crippen LogP contribution in [0.5, 0.6) is 0 Å². The molecule has 0 spiro atoms. The fraction of sp³-hybridized carbons (Fsp3) is 0.318. The van der Waals surface area contributed by atoms with Gasteiger partial charge >= 0.3 is 0 Å². The molecule has 0 atom stereocenters. The van der Waals surface area contributed by atoms with Crippen molar-refractivity contribution in [3.05, 3.63) is 58.5 Å². The molecule has 3 nitrogen and oxygen atoms in total. The number of benzene rings is 2. The molecular formula is C22H28FN3. The van der Waals surface area contributed by atoms with E-state index in [1.165, 1.54) is 12.3 Å². The van der Waals surface area contributed by atoms with Gasteiger partial charge in [0.15, 0.2) is 0 Å². The maximum Gasteiger partial charge on any atom is 0.126 e. The molecule has 0 saturated heterocycles. The second-order valence-electron chi connectivity index (χ2n) is 6.57. The van der Waals surface area contributed by atoms with Crippen LogP contribution in [0.15, 0.2) is 30.3 Å². The molecule has 0 bridgehead atoms. The third-order valence-corrected chi connectivity index (χ3v) is 4.63. The minimum absolute atomic E-state index is 0.207. The van der Waals surface area contributed by atoms with Gasteiger partial charge in [0.25, 0.3) is 0 Å². The van der Waals surface area contributed by atoms with Crippen LogP contribution >= 0.6 is 0 Å². The van der Waals surface area contributed by atoms with E-state index >= 15 is 0 Å². The summed E-state index contributed by atoms with van der Waals surface area (Å²) in [7, 11) is 0. The minimum atomic E-state index is -0.207. The van der Waals surface area contributed by atoms with Gasteiger partial charge in [-0.1, -0.05) is 27.7 Å². The van der Waals surface area contributed by atoms with Crippen molar-refractivity contribution in [2.24, 2.45) is 0 Å². The van der Waals surface area contributed by atoms with E-state index in [0.29, 0.717) is 22.7 Å². The third-order valence-electron chi connectivity index (χ3n) is 4.63. The van der Waals surface area contributed by atoms with E-state index in [1.807, 2.05) is 32.9 Å². The molecule has 0 amide bonds. The number of aromatic nitrogens is 1. The number of nitrogens with zero attached hydrogens (tertiary/aromatic N) is 1. The second kappa shape index (κ2) is 7.73. The van der Waals surface area contributed by atoms with Crippen LogP contribution in [0.1, 0.15) is 56.0 Å². The SMILES string of the molecule is CC.Cc1cc(-n2c(C(C)C)cc3c(C)c(N)c(C=N)cc32)ccc1F. The normalized spacial score (nSPS) is 10.8. The molecule has 26 heavy (non-hydrogen) atoms. The average molecular weight is 353 g/mol. The standard InChI is InChI=1S/C20H22FN3.C2H6/c1-11(2)18-9-16-13(4)20(23)14(10-22)8-19(16)24(18)15-5-6-17(21)12(3)7-15;1-2/h5-11,22H,23H2,1-4H3;1-2H3. The summed E-state index contributed by atoms with van der Waals surface area (Å²) in [5.74, 6) is 0.0914. The second-order valence-corrected chi connectivity index (χ2v) is 6.57. The van der Waals surface area contributed by atoms with Gasteiger partial charge in [-0.2, -0.15) is 0 Å². The fourth-order valence-electron chi connectivity index (χ4n) is 3.18. The fourth-order valence-corrected chi connectivity index (χ4v) is 3.18. The first-order valence-electron chi connectivity index (χ1n) is 9.06. The lowest BCUT2D eigenvalue weighted by molar-refractivity contribution is 0.618. The Kier molecular flexibility index (Phi) is 5.86. The Morgan fingerprint density at radius 1 is 1.12 bits per heavy atom. The summed E-state index contributed by atoms with van der Waals surface area (Å²) in [5.41, 5.74) is 12.2. The zero-order chi connectivity index (χ0) is 19.6. The molecule has 2 aromatic carbocycles. The Balaban J connectivity index is 0.00000117. The number of nitrogen functional groups attached to an aromatic ring is 1. The highest BCUT2D eigenvalue weighted by Gasteiger charge is 2.17. The molecule has 3 aromatic rings. The summed E-state index contributed by atoms with van der Waals surface area (Å²) in [6.45, 7) is 12.0. The Labute approximate surface area is 155 Å². The van der Waals surface area contributed by atoms with Crippen LogP contribution in [-0.4, -0.2) is 10.8 Å². The molecule has 1 aromatic heterocycles. The first-order valence-corrected chi connectivity index (χ1v) is 9.06. The molecular weight excluding hydrogens is 325 g/mol. The number of rotatable bonds is 3. The lowest BCUT2D eigenvalue weighted by atomic mass is 10.0. The molecule has 0 saturated carbocycles.